The summed E-state index contributed by atoms with van der Waals surface area (Å²) in [6.45, 7) is 0.883. The molecule has 0 bridgehead atoms. The summed E-state index contributed by atoms with van der Waals surface area (Å²) in [6.07, 6.45) is 1.43. The number of rotatable bonds is 4. The fraction of sp³-hybridized carbons (Fsp3) is 0.500. The molecule has 0 aliphatic carbocycles. The third-order valence-electron chi connectivity index (χ3n) is 4.09. The number of likely N-dealkylation sites (tertiary alicyclic amines) is 1. The monoisotopic (exact) mass is 307 g/mol. The maximum atomic E-state index is 14.1. The molecule has 2 N–H and O–H groups in total. The molecular weight excluding hydrogens is 285 g/mol. The topological polar surface area (TPSA) is 66.6 Å². The Labute approximate surface area is 129 Å². The normalized spacial score (nSPS) is 20.0. The van der Waals surface area contributed by atoms with Crippen LogP contribution < -0.4 is 5.73 Å². The number of halogens is 1. The van der Waals surface area contributed by atoms with E-state index in [2.05, 4.69) is 0 Å². The number of primary amides is 1. The lowest BCUT2D eigenvalue weighted by Gasteiger charge is -2.35. The van der Waals surface area contributed by atoms with Gasteiger partial charge in [-0.3, -0.25) is 14.5 Å². The van der Waals surface area contributed by atoms with Gasteiger partial charge in [-0.25, -0.2) is 4.39 Å². The number of hydrogen-bond donors (Lipinski definition) is 1. The number of amides is 2. The first-order chi connectivity index (χ1) is 10.4. The molecule has 5 nitrogen and oxygen atoms in total. The first-order valence-corrected chi connectivity index (χ1v) is 7.40. The lowest BCUT2D eigenvalue weighted by atomic mass is 9.95. The SMILES string of the molecule is CN(C)C(C(=O)N1CCCC(C(N)=O)C1)c1ccccc1F. The van der Waals surface area contributed by atoms with Gasteiger partial charge in [-0.15, -0.1) is 0 Å². The average molecular weight is 307 g/mol. The Bertz CT molecular complexity index is 562. The summed E-state index contributed by atoms with van der Waals surface area (Å²) in [5.41, 5.74) is 5.70. The zero-order chi connectivity index (χ0) is 16.3. The molecule has 120 valence electrons. The number of piperidine rings is 1. The number of hydrogen-bond acceptors (Lipinski definition) is 3. The van der Waals surface area contributed by atoms with Gasteiger partial charge in [0.05, 0.1) is 5.92 Å². The van der Waals surface area contributed by atoms with Crippen LogP contribution in [0.2, 0.25) is 0 Å². The van der Waals surface area contributed by atoms with E-state index in [1.807, 2.05) is 0 Å². The second-order valence-electron chi connectivity index (χ2n) is 5.91. The molecular formula is C16H22FN3O2. The van der Waals surface area contributed by atoms with Gasteiger partial charge in [0.25, 0.3) is 0 Å². The Balaban J connectivity index is 2.24. The van der Waals surface area contributed by atoms with Crippen molar-refractivity contribution in [3.05, 3.63) is 35.6 Å². The van der Waals surface area contributed by atoms with Crippen LogP contribution in [-0.2, 0) is 9.59 Å². The van der Waals surface area contributed by atoms with E-state index in [4.69, 9.17) is 5.73 Å². The largest absolute Gasteiger partial charge is 0.369 e. The highest BCUT2D eigenvalue weighted by Crippen LogP contribution is 2.26. The zero-order valence-electron chi connectivity index (χ0n) is 13.0. The van der Waals surface area contributed by atoms with Gasteiger partial charge < -0.3 is 10.6 Å². The lowest BCUT2D eigenvalue weighted by Crippen LogP contribution is -2.48. The van der Waals surface area contributed by atoms with Gasteiger partial charge in [0.15, 0.2) is 0 Å². The van der Waals surface area contributed by atoms with E-state index < -0.39 is 11.9 Å². The summed E-state index contributed by atoms with van der Waals surface area (Å²) in [5, 5.41) is 0. The number of carbonyl (C=O) groups is 2. The molecule has 0 saturated carbocycles. The van der Waals surface area contributed by atoms with Crippen molar-refractivity contribution in [2.75, 3.05) is 27.2 Å². The Morgan fingerprint density at radius 1 is 1.36 bits per heavy atom. The smallest absolute Gasteiger partial charge is 0.244 e. The van der Waals surface area contributed by atoms with E-state index in [1.165, 1.54) is 6.07 Å². The highest BCUT2D eigenvalue weighted by Gasteiger charge is 2.33. The number of carbonyl (C=O) groups excluding carboxylic acids is 2. The van der Waals surface area contributed by atoms with Crippen LogP contribution in [-0.4, -0.2) is 48.8 Å². The Morgan fingerprint density at radius 3 is 2.64 bits per heavy atom. The fourth-order valence-corrected chi connectivity index (χ4v) is 2.91. The van der Waals surface area contributed by atoms with E-state index in [0.717, 1.165) is 6.42 Å². The number of likely N-dealkylation sites (N-methyl/N-ethyl adjacent to an activating group) is 1. The molecule has 2 rings (SSSR count). The van der Waals surface area contributed by atoms with Crippen molar-refractivity contribution in [2.24, 2.45) is 11.7 Å². The second kappa shape index (κ2) is 6.87. The van der Waals surface area contributed by atoms with Crippen LogP contribution in [0.15, 0.2) is 24.3 Å². The van der Waals surface area contributed by atoms with Crippen molar-refractivity contribution < 1.29 is 14.0 Å². The number of nitrogens with zero attached hydrogens (tertiary/aromatic N) is 2. The quantitative estimate of drug-likeness (QED) is 0.907. The van der Waals surface area contributed by atoms with E-state index >= 15 is 0 Å². The van der Waals surface area contributed by atoms with Crippen LogP contribution >= 0.6 is 0 Å². The molecule has 2 amide bonds. The standard InChI is InChI=1S/C16H22FN3O2/c1-19(2)14(12-7-3-4-8-13(12)17)16(22)20-9-5-6-11(10-20)15(18)21/h3-4,7-8,11,14H,5-6,9-10H2,1-2H3,(H2,18,21). The molecule has 0 radical (unpaired) electrons. The molecule has 2 unspecified atom stereocenters. The molecule has 0 spiro atoms. The van der Waals surface area contributed by atoms with Crippen LogP contribution in [0.4, 0.5) is 4.39 Å². The van der Waals surface area contributed by atoms with Gasteiger partial charge in [0.1, 0.15) is 11.9 Å². The minimum atomic E-state index is -0.701. The van der Waals surface area contributed by atoms with Gasteiger partial charge in [-0.1, -0.05) is 18.2 Å². The van der Waals surface area contributed by atoms with E-state index in [0.29, 0.717) is 25.1 Å². The van der Waals surface area contributed by atoms with Gasteiger partial charge in [-0.2, -0.15) is 0 Å². The van der Waals surface area contributed by atoms with Crippen LogP contribution in [0.1, 0.15) is 24.4 Å². The third-order valence-corrected chi connectivity index (χ3v) is 4.09. The lowest BCUT2D eigenvalue weighted by molar-refractivity contribution is -0.139. The third kappa shape index (κ3) is 3.44. The Morgan fingerprint density at radius 2 is 2.05 bits per heavy atom. The molecule has 6 heteroatoms. The predicted octanol–water partition coefficient (Wildman–Crippen LogP) is 1.15. The van der Waals surface area contributed by atoms with Crippen LogP contribution in [0.3, 0.4) is 0 Å². The summed E-state index contributed by atoms with van der Waals surface area (Å²) < 4.78 is 14.1. The van der Waals surface area contributed by atoms with Gasteiger partial charge in [-0.05, 0) is 33.0 Å². The van der Waals surface area contributed by atoms with Crippen molar-refractivity contribution in [3.63, 3.8) is 0 Å². The first kappa shape index (κ1) is 16.4. The molecule has 1 aliphatic heterocycles. The summed E-state index contributed by atoms with van der Waals surface area (Å²) in [4.78, 5) is 27.5. The first-order valence-electron chi connectivity index (χ1n) is 7.40. The average Bonchev–Trinajstić information content (AvgIpc) is 2.49. The van der Waals surface area contributed by atoms with Gasteiger partial charge in [0, 0.05) is 18.7 Å². The predicted molar refractivity (Wildman–Crippen MR) is 81.3 cm³/mol. The molecule has 1 saturated heterocycles. The van der Waals surface area contributed by atoms with E-state index in [9.17, 15) is 14.0 Å². The summed E-state index contributed by atoms with van der Waals surface area (Å²) >= 11 is 0. The molecule has 1 aliphatic rings. The van der Waals surface area contributed by atoms with E-state index in [1.54, 1.807) is 42.1 Å². The molecule has 1 fully saturated rings. The van der Waals surface area contributed by atoms with Crippen molar-refractivity contribution in [1.82, 2.24) is 9.80 Å². The van der Waals surface area contributed by atoms with Gasteiger partial charge in [0.2, 0.25) is 11.8 Å². The summed E-state index contributed by atoms with van der Waals surface area (Å²) in [5.74, 6) is -1.30. The maximum absolute atomic E-state index is 14.1. The van der Waals surface area contributed by atoms with E-state index in [-0.39, 0.29) is 17.7 Å². The molecule has 1 aromatic carbocycles. The molecule has 22 heavy (non-hydrogen) atoms. The van der Waals surface area contributed by atoms with Crippen molar-refractivity contribution in [3.8, 4) is 0 Å². The molecule has 2 atom stereocenters. The highest BCUT2D eigenvalue weighted by molar-refractivity contribution is 5.84. The summed E-state index contributed by atoms with van der Waals surface area (Å²) in [7, 11) is 3.48. The van der Waals surface area contributed by atoms with Crippen molar-refractivity contribution in [2.45, 2.75) is 18.9 Å². The van der Waals surface area contributed by atoms with Crippen molar-refractivity contribution >= 4 is 11.8 Å². The Kier molecular flexibility index (Phi) is 5.13. The highest BCUT2D eigenvalue weighted by atomic mass is 19.1. The molecule has 1 aromatic rings. The molecule has 1 heterocycles. The zero-order valence-corrected chi connectivity index (χ0v) is 13.0. The van der Waals surface area contributed by atoms with Crippen molar-refractivity contribution in [1.29, 1.82) is 0 Å². The number of nitrogens with two attached hydrogens (primary N) is 1. The minimum absolute atomic E-state index is 0.193. The Hall–Kier alpha value is -1.95. The van der Waals surface area contributed by atoms with Crippen LogP contribution in [0.5, 0.6) is 0 Å². The van der Waals surface area contributed by atoms with Crippen LogP contribution in [0.25, 0.3) is 0 Å². The fourth-order valence-electron chi connectivity index (χ4n) is 2.91. The van der Waals surface area contributed by atoms with Gasteiger partial charge >= 0.3 is 0 Å². The number of benzene rings is 1. The minimum Gasteiger partial charge on any atom is -0.369 e. The molecule has 0 aromatic heterocycles. The second-order valence-corrected chi connectivity index (χ2v) is 5.91. The summed E-state index contributed by atoms with van der Waals surface area (Å²) in [6, 6.07) is 5.58. The maximum Gasteiger partial charge on any atom is 0.244 e. The van der Waals surface area contributed by atoms with Crippen LogP contribution in [0, 0.1) is 11.7 Å².